The Labute approximate surface area is 263 Å². The van der Waals surface area contributed by atoms with Crippen LogP contribution >= 0.6 is 0 Å². The summed E-state index contributed by atoms with van der Waals surface area (Å²) >= 11 is 0. The van der Waals surface area contributed by atoms with Crippen LogP contribution in [0.1, 0.15) is 57.5 Å². The van der Waals surface area contributed by atoms with E-state index >= 15 is 0 Å². The van der Waals surface area contributed by atoms with Crippen LogP contribution in [0.15, 0.2) is 84.9 Å². The Hall–Kier alpha value is -6.58. The molecular weight excluding hydrogens is 620 g/mol. The first kappa shape index (κ1) is 31.8. The van der Waals surface area contributed by atoms with E-state index in [0.717, 1.165) is 73.2 Å². The molecule has 0 unspecified atom stereocenters. The van der Waals surface area contributed by atoms with Crippen molar-refractivity contribution in [2.45, 2.75) is 31.1 Å². The number of rotatable bonds is 10. The maximum atomic E-state index is 12.7. The molecule has 0 heterocycles. The second-order valence-corrected chi connectivity index (χ2v) is 10.6. The number of benzene rings is 4. The Morgan fingerprint density at radius 3 is 1.09 bits per heavy atom. The fourth-order valence-corrected chi connectivity index (χ4v) is 5.59. The number of esters is 2. The average Bonchev–Trinajstić information content (AvgIpc) is 3.56. The smallest absolute Gasteiger partial charge is 0.344 e. The lowest BCUT2D eigenvalue weighted by Crippen LogP contribution is -2.23. The Kier molecular flexibility index (Phi) is 8.67. The predicted molar refractivity (Wildman–Crippen MR) is 162 cm³/mol. The number of ether oxygens (including phenoxy) is 2. The first-order valence-electron chi connectivity index (χ1n) is 13.9. The molecule has 1 aliphatic carbocycles. The van der Waals surface area contributed by atoms with Gasteiger partial charge in [0.2, 0.25) is 0 Å². The molecular formula is C31H22N4O12. The topological polar surface area (TPSA) is 225 Å². The van der Waals surface area contributed by atoms with Crippen molar-refractivity contribution in [1.29, 1.82) is 0 Å². The van der Waals surface area contributed by atoms with E-state index in [2.05, 4.69) is 0 Å². The van der Waals surface area contributed by atoms with Gasteiger partial charge in [0.25, 0.3) is 22.7 Å². The highest BCUT2D eigenvalue weighted by molar-refractivity contribution is 5.93. The number of hydrogen-bond donors (Lipinski definition) is 0. The maximum Gasteiger partial charge on any atom is 0.344 e. The molecule has 0 aliphatic heterocycles. The van der Waals surface area contributed by atoms with Crippen molar-refractivity contribution in [1.82, 2.24) is 0 Å². The summed E-state index contributed by atoms with van der Waals surface area (Å²) in [4.78, 5) is 66.8. The van der Waals surface area contributed by atoms with Crippen molar-refractivity contribution < 1.29 is 38.8 Å². The van der Waals surface area contributed by atoms with E-state index in [-0.39, 0.29) is 22.6 Å². The summed E-state index contributed by atoms with van der Waals surface area (Å²) in [6, 6.07) is 18.3. The molecule has 238 valence electrons. The van der Waals surface area contributed by atoms with E-state index in [0.29, 0.717) is 0 Å². The summed E-state index contributed by atoms with van der Waals surface area (Å²) in [6.07, 6.45) is 3.40. The van der Waals surface area contributed by atoms with Crippen LogP contribution in [-0.2, 0) is 5.41 Å². The molecule has 1 fully saturated rings. The minimum Gasteiger partial charge on any atom is -0.423 e. The van der Waals surface area contributed by atoms with Gasteiger partial charge in [-0.25, -0.2) is 9.59 Å². The summed E-state index contributed by atoms with van der Waals surface area (Å²) in [5, 5.41) is 44.7. The Bertz CT molecular complexity index is 1740. The number of non-ortho nitro benzene ring substituents is 4. The summed E-state index contributed by atoms with van der Waals surface area (Å²) in [5.74, 6) is -1.79. The van der Waals surface area contributed by atoms with Crippen LogP contribution in [0.4, 0.5) is 22.7 Å². The fraction of sp³-hybridized carbons (Fsp3) is 0.161. The molecule has 16 heteroatoms. The second kappa shape index (κ2) is 12.8. The Balaban J connectivity index is 1.34. The van der Waals surface area contributed by atoms with E-state index < -0.39 is 59.8 Å². The third kappa shape index (κ3) is 6.75. The molecule has 0 saturated heterocycles. The van der Waals surface area contributed by atoms with Gasteiger partial charge in [0.15, 0.2) is 0 Å². The summed E-state index contributed by atoms with van der Waals surface area (Å²) in [7, 11) is 0. The van der Waals surface area contributed by atoms with Gasteiger partial charge >= 0.3 is 11.9 Å². The third-order valence-corrected chi connectivity index (χ3v) is 7.81. The lowest BCUT2D eigenvalue weighted by atomic mass is 9.73. The van der Waals surface area contributed by atoms with Gasteiger partial charge in [0, 0.05) is 29.7 Å². The largest absolute Gasteiger partial charge is 0.423 e. The Morgan fingerprint density at radius 1 is 0.511 bits per heavy atom. The highest BCUT2D eigenvalue weighted by atomic mass is 16.6. The highest BCUT2D eigenvalue weighted by Crippen LogP contribution is 2.47. The molecule has 5 rings (SSSR count). The first-order valence-corrected chi connectivity index (χ1v) is 13.9. The van der Waals surface area contributed by atoms with Crippen molar-refractivity contribution in [3.63, 3.8) is 0 Å². The first-order chi connectivity index (χ1) is 22.4. The molecule has 1 aliphatic rings. The van der Waals surface area contributed by atoms with Gasteiger partial charge in [-0.15, -0.1) is 0 Å². The summed E-state index contributed by atoms with van der Waals surface area (Å²) < 4.78 is 10.7. The van der Waals surface area contributed by atoms with Crippen molar-refractivity contribution in [3.05, 3.63) is 148 Å². The molecule has 0 spiro atoms. The minimum atomic E-state index is -1.01. The summed E-state index contributed by atoms with van der Waals surface area (Å²) in [6.45, 7) is 0. The number of nitrogens with zero attached hydrogens (tertiary/aromatic N) is 4. The molecule has 1 saturated carbocycles. The van der Waals surface area contributed by atoms with Gasteiger partial charge < -0.3 is 9.47 Å². The molecule has 0 aromatic heterocycles. The zero-order valence-electron chi connectivity index (χ0n) is 24.1. The quantitative estimate of drug-likeness (QED) is 0.0770. The van der Waals surface area contributed by atoms with E-state index in [4.69, 9.17) is 9.47 Å². The van der Waals surface area contributed by atoms with Crippen LogP contribution in [0.3, 0.4) is 0 Å². The highest BCUT2D eigenvalue weighted by Gasteiger charge is 2.37. The van der Waals surface area contributed by atoms with Crippen LogP contribution in [0.5, 0.6) is 11.5 Å². The van der Waals surface area contributed by atoms with Gasteiger partial charge in [-0.2, -0.15) is 0 Å². The van der Waals surface area contributed by atoms with Crippen LogP contribution in [0, 0.1) is 40.5 Å². The minimum absolute atomic E-state index is 0.115. The molecule has 4 aromatic rings. The van der Waals surface area contributed by atoms with Crippen molar-refractivity contribution in [2.75, 3.05) is 0 Å². The molecule has 0 radical (unpaired) electrons. The van der Waals surface area contributed by atoms with Gasteiger partial charge in [0.05, 0.1) is 43.0 Å². The standard InChI is InChI=1S/C31H22N4O12/c36-29(19-13-23(32(38)39)17-24(14-19)33(40)41)46-27-7-3-21(4-8-27)31(11-1-2-12-31)22-5-9-28(10-6-22)47-30(37)20-15-25(34(42)43)18-26(16-20)35(44)45/h3-10,13-18H,1-2,11-12H2. The number of nitro benzene ring substituents is 4. The van der Waals surface area contributed by atoms with Gasteiger partial charge in [-0.1, -0.05) is 37.1 Å². The van der Waals surface area contributed by atoms with Gasteiger partial charge in [-0.05, 0) is 48.2 Å². The molecule has 4 aromatic carbocycles. The molecule has 16 nitrogen and oxygen atoms in total. The fourth-order valence-electron chi connectivity index (χ4n) is 5.59. The molecule has 47 heavy (non-hydrogen) atoms. The van der Waals surface area contributed by atoms with Crippen molar-refractivity contribution in [3.8, 4) is 11.5 Å². The normalized spacial score (nSPS) is 13.4. The third-order valence-electron chi connectivity index (χ3n) is 7.81. The zero-order valence-corrected chi connectivity index (χ0v) is 24.1. The number of carbonyl (C=O) groups excluding carboxylic acids is 2. The SMILES string of the molecule is O=C(Oc1ccc(C2(c3ccc(OC(=O)c4cc([N+](=O)[O-])cc([N+](=O)[O-])c4)cc3)CCCC2)cc1)c1cc([N+](=O)[O-])cc([N+](=O)[O-])c1. The predicted octanol–water partition coefficient (Wildman–Crippen LogP) is 6.62. The summed E-state index contributed by atoms with van der Waals surface area (Å²) in [5.41, 5.74) is -1.86. The molecule has 0 amide bonds. The van der Waals surface area contributed by atoms with Gasteiger partial charge in [-0.3, -0.25) is 40.5 Å². The van der Waals surface area contributed by atoms with Crippen LogP contribution in [-0.4, -0.2) is 31.6 Å². The van der Waals surface area contributed by atoms with Crippen molar-refractivity contribution >= 4 is 34.7 Å². The number of carbonyl (C=O) groups is 2. The van der Waals surface area contributed by atoms with Crippen LogP contribution < -0.4 is 9.47 Å². The zero-order chi connectivity index (χ0) is 33.9. The van der Waals surface area contributed by atoms with Gasteiger partial charge in [0.1, 0.15) is 11.5 Å². The monoisotopic (exact) mass is 642 g/mol. The Morgan fingerprint density at radius 2 is 0.809 bits per heavy atom. The molecule has 0 bridgehead atoms. The van der Waals surface area contributed by atoms with Crippen molar-refractivity contribution in [2.24, 2.45) is 0 Å². The van der Waals surface area contributed by atoms with E-state index in [1.54, 1.807) is 48.5 Å². The van der Waals surface area contributed by atoms with E-state index in [1.165, 1.54) is 0 Å². The molecule has 0 N–H and O–H groups in total. The van der Waals surface area contributed by atoms with Crippen LogP contribution in [0.25, 0.3) is 0 Å². The van der Waals surface area contributed by atoms with Crippen LogP contribution in [0.2, 0.25) is 0 Å². The second-order valence-electron chi connectivity index (χ2n) is 10.6. The number of hydrogen-bond acceptors (Lipinski definition) is 12. The maximum absolute atomic E-state index is 12.7. The lowest BCUT2D eigenvalue weighted by molar-refractivity contribution is -0.394. The van der Waals surface area contributed by atoms with E-state index in [9.17, 15) is 50.0 Å². The van der Waals surface area contributed by atoms with E-state index in [1.807, 2.05) is 0 Å². The lowest BCUT2D eigenvalue weighted by Gasteiger charge is -2.30. The molecule has 0 atom stereocenters. The average molecular weight is 643 g/mol. The number of nitro groups is 4.